The minimum atomic E-state index is -4.37. The normalized spacial score (nSPS) is 18.8. The van der Waals surface area contributed by atoms with Crippen molar-refractivity contribution < 1.29 is 51.6 Å². The van der Waals surface area contributed by atoms with E-state index in [1.807, 2.05) is 68.4 Å². The molecule has 382 valence electrons. The van der Waals surface area contributed by atoms with E-state index in [9.17, 15) is 32.7 Å². The van der Waals surface area contributed by atoms with Crippen LogP contribution in [0, 0.1) is 12.3 Å². The molecule has 0 aliphatic carbocycles. The number of hydrazine groups is 1. The summed E-state index contributed by atoms with van der Waals surface area (Å²) < 4.78 is 64.1. The smallest absolute Gasteiger partial charge is 0.401 e. The summed E-state index contributed by atoms with van der Waals surface area (Å²) in [6.07, 6.45) is -1.25. The predicted octanol–water partition coefficient (Wildman–Crippen LogP) is 6.50. The highest BCUT2D eigenvalue weighted by atomic mass is 32.1. The molecule has 0 spiro atoms. The number of nitrogens with zero attached hydrogens (tertiary/aromatic N) is 5. The van der Waals surface area contributed by atoms with Gasteiger partial charge in [-0.05, 0) is 77.8 Å². The number of nitrogens with one attached hydrogen (secondary N) is 3. The number of carbonyl (C=O) groups is 3. The molecule has 3 amide bonds. The molecule has 2 aliphatic heterocycles. The average molecular weight is 1010 g/mol. The van der Waals surface area contributed by atoms with Crippen molar-refractivity contribution in [3.8, 4) is 27.3 Å². The second-order valence-corrected chi connectivity index (χ2v) is 19.8. The molecule has 7 rings (SSSR count). The lowest BCUT2D eigenvalue weighted by molar-refractivity contribution is -0.155. The third kappa shape index (κ3) is 14.0. The topological polar surface area (TPSA) is 184 Å². The zero-order chi connectivity index (χ0) is 50.9. The number of alkyl halides is 3. The van der Waals surface area contributed by atoms with Gasteiger partial charge in [-0.1, -0.05) is 63.2 Å². The largest absolute Gasteiger partial charge is 0.491 e. The second-order valence-electron chi connectivity index (χ2n) is 18.9. The molecule has 16 nitrogen and oxygen atoms in total. The maximum absolute atomic E-state index is 14.0. The number of benzene rings is 3. The van der Waals surface area contributed by atoms with Gasteiger partial charge in [-0.25, -0.2) is 4.98 Å². The average Bonchev–Trinajstić information content (AvgIpc) is 4.12. The molecule has 4 heterocycles. The van der Waals surface area contributed by atoms with Crippen LogP contribution in [0.5, 0.6) is 5.75 Å². The Morgan fingerprint density at radius 3 is 2.24 bits per heavy atom. The van der Waals surface area contributed by atoms with Crippen molar-refractivity contribution in [1.29, 1.82) is 0 Å². The molecule has 2 aromatic heterocycles. The van der Waals surface area contributed by atoms with E-state index in [2.05, 4.69) is 25.9 Å². The highest BCUT2D eigenvalue weighted by Crippen LogP contribution is 2.41. The molecule has 5 aromatic rings. The quantitative estimate of drug-likeness (QED) is 0.0464. The summed E-state index contributed by atoms with van der Waals surface area (Å²) >= 11 is 1.55. The summed E-state index contributed by atoms with van der Waals surface area (Å²) in [5.41, 5.74) is 11.0. The molecule has 0 bridgehead atoms. The summed E-state index contributed by atoms with van der Waals surface area (Å²) in [7, 11) is 1.70. The number of ether oxygens (including phenoxy) is 4. The zero-order valence-electron chi connectivity index (χ0n) is 40.8. The Morgan fingerprint density at radius 2 is 1.61 bits per heavy atom. The maximum Gasteiger partial charge on any atom is 0.401 e. The number of H-pyrrole nitrogens is 1. The van der Waals surface area contributed by atoms with E-state index in [0.29, 0.717) is 17.9 Å². The van der Waals surface area contributed by atoms with Crippen molar-refractivity contribution >= 4 is 34.7 Å². The lowest BCUT2D eigenvalue weighted by Crippen LogP contribution is -2.59. The fraction of sp³-hybridized carbons (Fsp3) is 0.471. The number of aromatic nitrogens is 3. The highest BCUT2D eigenvalue weighted by molar-refractivity contribution is 7.13. The fourth-order valence-electron chi connectivity index (χ4n) is 8.94. The van der Waals surface area contributed by atoms with Crippen LogP contribution in [0.15, 0.2) is 84.6 Å². The molecule has 0 saturated carbocycles. The van der Waals surface area contributed by atoms with Crippen LogP contribution in [0.2, 0.25) is 0 Å². The van der Waals surface area contributed by atoms with Crippen LogP contribution in [0.25, 0.3) is 21.6 Å². The number of hydrogen-bond donors (Lipinski definition) is 4. The molecule has 0 radical (unpaired) electrons. The number of carbonyl (C=O) groups excluding carboxylic acids is 3. The van der Waals surface area contributed by atoms with Gasteiger partial charge < -0.3 is 34.3 Å². The highest BCUT2D eigenvalue weighted by Gasteiger charge is 2.45. The number of β-amino-alcohol motifs (C(OH)–C–C–N with tert-alkyl or cyclic N) is 1. The first-order chi connectivity index (χ1) is 33.9. The van der Waals surface area contributed by atoms with E-state index in [1.165, 1.54) is 9.80 Å². The van der Waals surface area contributed by atoms with Gasteiger partial charge in [0.1, 0.15) is 31.0 Å². The van der Waals surface area contributed by atoms with Gasteiger partial charge in [0, 0.05) is 37.8 Å². The molecule has 2 aliphatic rings. The molecule has 5 atom stereocenters. The van der Waals surface area contributed by atoms with Crippen LogP contribution in [-0.4, -0.2) is 145 Å². The van der Waals surface area contributed by atoms with Gasteiger partial charge in [-0.2, -0.15) is 18.3 Å². The third-order valence-electron chi connectivity index (χ3n) is 12.5. The minimum Gasteiger partial charge on any atom is -0.491 e. The summed E-state index contributed by atoms with van der Waals surface area (Å²) in [5, 5.41) is 21.8. The number of rotatable bonds is 21. The molecule has 0 unspecified atom stereocenters. The van der Waals surface area contributed by atoms with Crippen LogP contribution in [0.3, 0.4) is 0 Å². The van der Waals surface area contributed by atoms with Crippen LogP contribution < -0.4 is 20.5 Å². The van der Waals surface area contributed by atoms with E-state index in [1.54, 1.807) is 74.2 Å². The summed E-state index contributed by atoms with van der Waals surface area (Å²) in [6.45, 7) is 9.10. The molecule has 1 saturated heterocycles. The number of hydrogen-bond acceptors (Lipinski definition) is 13. The summed E-state index contributed by atoms with van der Waals surface area (Å²) in [5.74, 6) is -0.919. The van der Waals surface area contributed by atoms with E-state index in [4.69, 9.17) is 18.9 Å². The van der Waals surface area contributed by atoms with Crippen molar-refractivity contribution in [2.45, 2.75) is 83.9 Å². The SMILES string of the molecule is Cc1ncsc1-c1ccc(N(C)NC(=O)[C@@H]2C[C@@H](O)CN2C(=O)[C@@H](NC(=O)COCCOCCOCCOc2ccc([C@@H]3c4ccc(-c5cn[nH]c5)cc4C[C@@H](C)N3CC(F)(F)F)cc2)C(C)(C)C)cc1. The number of halogens is 3. The number of anilines is 1. The molecular weight excluding hydrogens is 942 g/mol. The summed E-state index contributed by atoms with van der Waals surface area (Å²) in [4.78, 5) is 48.9. The fourth-order valence-corrected chi connectivity index (χ4v) is 9.76. The Morgan fingerprint density at radius 1 is 0.930 bits per heavy atom. The van der Waals surface area contributed by atoms with E-state index < -0.39 is 60.1 Å². The monoisotopic (exact) mass is 1000 g/mol. The number of thiazole rings is 1. The van der Waals surface area contributed by atoms with Crippen LogP contribution >= 0.6 is 11.3 Å². The molecule has 4 N–H and O–H groups in total. The molecule has 3 aromatic carbocycles. The van der Waals surface area contributed by atoms with Gasteiger partial charge >= 0.3 is 6.18 Å². The van der Waals surface area contributed by atoms with Gasteiger partial charge in [0.25, 0.3) is 5.91 Å². The Bertz CT molecular complexity index is 2540. The Balaban J connectivity index is 0.797. The van der Waals surface area contributed by atoms with Gasteiger partial charge in [0.15, 0.2) is 0 Å². The Kier molecular flexibility index (Phi) is 17.6. The summed E-state index contributed by atoms with van der Waals surface area (Å²) in [6, 6.07) is 17.7. The van der Waals surface area contributed by atoms with E-state index in [-0.39, 0.29) is 65.3 Å². The van der Waals surface area contributed by atoms with Crippen molar-refractivity contribution in [1.82, 2.24) is 35.7 Å². The van der Waals surface area contributed by atoms with Gasteiger partial charge in [-0.3, -0.25) is 34.8 Å². The Labute approximate surface area is 415 Å². The predicted molar refractivity (Wildman–Crippen MR) is 263 cm³/mol. The molecule has 20 heteroatoms. The first kappa shape index (κ1) is 52.9. The number of likely N-dealkylation sites (tertiary alicyclic amines) is 1. The number of fused-ring (bicyclic) bond motifs is 1. The number of aromatic amines is 1. The van der Waals surface area contributed by atoms with Crippen molar-refractivity contribution in [2.24, 2.45) is 5.41 Å². The lowest BCUT2D eigenvalue weighted by Gasteiger charge is -2.42. The number of aliphatic hydroxyl groups is 1. The first-order valence-electron chi connectivity index (χ1n) is 23.6. The van der Waals surface area contributed by atoms with Crippen LogP contribution in [0.1, 0.15) is 62.5 Å². The minimum absolute atomic E-state index is 0.0448. The number of amides is 3. The van der Waals surface area contributed by atoms with Crippen molar-refractivity contribution in [3.63, 3.8) is 0 Å². The Hall–Kier alpha value is -5.90. The third-order valence-corrected chi connectivity index (χ3v) is 13.5. The van der Waals surface area contributed by atoms with Crippen LogP contribution in [0.4, 0.5) is 18.9 Å². The molecular formula is C51H63F3N8O8S. The van der Waals surface area contributed by atoms with E-state index in [0.717, 1.165) is 44.0 Å². The van der Waals surface area contributed by atoms with Crippen molar-refractivity contribution in [3.05, 3.63) is 107 Å². The maximum atomic E-state index is 14.0. The van der Waals surface area contributed by atoms with Gasteiger partial charge in [0.05, 0.1) is 79.7 Å². The van der Waals surface area contributed by atoms with Crippen molar-refractivity contribution in [2.75, 3.05) is 71.4 Å². The molecule has 71 heavy (non-hydrogen) atoms. The van der Waals surface area contributed by atoms with Crippen LogP contribution in [-0.2, 0) is 35.0 Å². The standard InChI is InChI=1S/C51H63F3N8O8S/c1-32-23-37-24-36(38-26-56-57-27-38)11-16-42(37)45(62(32)30-51(52,53)54)34-9-14-41(15-10-34)70-22-21-68-18-17-67-19-20-69-29-44(64)58-47(50(3,4)5)49(66)61-28-40(63)25-43(61)48(65)59-60(6)39-12-7-35(8-13-39)46-33(2)55-31-71-46/h7-16,24,26-27,31-32,40,43,45,47,63H,17-23,25,28-30H2,1-6H3,(H,56,57)(H,58,64)(H,59,65)/t32-,40-,43+,45-,47-/m1/s1. The van der Waals surface area contributed by atoms with Gasteiger partial charge in [0.2, 0.25) is 11.8 Å². The first-order valence-corrected chi connectivity index (χ1v) is 24.5. The lowest BCUT2D eigenvalue weighted by atomic mass is 9.83. The number of aryl methyl sites for hydroxylation is 1. The zero-order valence-corrected chi connectivity index (χ0v) is 41.6. The van der Waals surface area contributed by atoms with Gasteiger partial charge in [-0.15, -0.1) is 11.3 Å². The number of aliphatic hydroxyl groups excluding tert-OH is 1. The molecule has 1 fully saturated rings. The second kappa shape index (κ2) is 23.6. The van der Waals surface area contributed by atoms with E-state index >= 15 is 0 Å².